The van der Waals surface area contributed by atoms with Crippen LogP contribution in [-0.4, -0.2) is 5.97 Å². The first-order chi connectivity index (χ1) is 5.79. The molecular weight excluding hydrogens is 175 g/mol. The molecule has 62 valence electrons. The first-order valence-corrected chi connectivity index (χ1v) is 3.70. The van der Waals surface area contributed by atoms with Gasteiger partial charge in [-0.3, -0.25) is 0 Å². The predicted octanol–water partition coefficient (Wildman–Crippen LogP) is -2.16. The molecule has 0 fully saturated rings. The Labute approximate surface area is 99.6 Å². The van der Waals surface area contributed by atoms with Crippen LogP contribution >= 0.6 is 0 Å². The SMILES string of the molecule is O=C([O-])C/C=C/c1ccccc1.[Na+]. The van der Waals surface area contributed by atoms with E-state index in [1.807, 2.05) is 30.3 Å². The van der Waals surface area contributed by atoms with Crippen LogP contribution < -0.4 is 34.7 Å². The molecule has 0 aliphatic rings. The summed E-state index contributed by atoms with van der Waals surface area (Å²) in [5, 5.41) is 10.0. The quantitative estimate of drug-likeness (QED) is 0.502. The zero-order valence-corrected chi connectivity index (χ0v) is 9.57. The number of hydrogen-bond donors (Lipinski definition) is 0. The van der Waals surface area contributed by atoms with Gasteiger partial charge in [-0.1, -0.05) is 42.5 Å². The molecule has 0 aromatic heterocycles. The number of carboxylic acids is 1. The van der Waals surface area contributed by atoms with E-state index >= 15 is 0 Å². The van der Waals surface area contributed by atoms with Gasteiger partial charge in [0, 0.05) is 12.4 Å². The van der Waals surface area contributed by atoms with Crippen LogP contribution in [0, 0.1) is 0 Å². The molecule has 0 spiro atoms. The fraction of sp³-hybridized carbons (Fsp3) is 0.100. The summed E-state index contributed by atoms with van der Waals surface area (Å²) in [6.45, 7) is 0. The van der Waals surface area contributed by atoms with Gasteiger partial charge in [-0.25, -0.2) is 0 Å². The molecular formula is C10H9NaO2. The smallest absolute Gasteiger partial charge is 0.550 e. The standard InChI is InChI=1S/C10H10O2.Na/c11-10(12)8-4-7-9-5-2-1-3-6-9;/h1-7H,8H2,(H,11,12);/q;+1/p-1/b7-4+;. The predicted molar refractivity (Wildman–Crippen MR) is 45.1 cm³/mol. The van der Waals surface area contributed by atoms with Crippen molar-refractivity contribution in [3.63, 3.8) is 0 Å². The molecule has 0 saturated heterocycles. The summed E-state index contributed by atoms with van der Waals surface area (Å²) in [6, 6.07) is 9.53. The third kappa shape index (κ3) is 5.64. The molecule has 3 heteroatoms. The maximum absolute atomic E-state index is 10.0. The number of rotatable bonds is 3. The summed E-state index contributed by atoms with van der Waals surface area (Å²) in [5.74, 6) is -1.05. The van der Waals surface area contributed by atoms with Crippen molar-refractivity contribution in [2.24, 2.45) is 0 Å². The number of carboxylic acid groups (broad SMARTS) is 1. The molecule has 0 aliphatic carbocycles. The average molecular weight is 184 g/mol. The van der Waals surface area contributed by atoms with E-state index in [-0.39, 0.29) is 36.0 Å². The maximum Gasteiger partial charge on any atom is 1.00 e. The summed E-state index contributed by atoms with van der Waals surface area (Å²) < 4.78 is 0. The van der Waals surface area contributed by atoms with Crippen molar-refractivity contribution in [1.82, 2.24) is 0 Å². The van der Waals surface area contributed by atoms with Crippen LogP contribution in [0.3, 0.4) is 0 Å². The van der Waals surface area contributed by atoms with Crippen LogP contribution in [0.15, 0.2) is 36.4 Å². The van der Waals surface area contributed by atoms with Gasteiger partial charge >= 0.3 is 29.6 Å². The van der Waals surface area contributed by atoms with Gasteiger partial charge in [0.15, 0.2) is 0 Å². The fourth-order valence-electron chi connectivity index (χ4n) is 0.855. The molecule has 0 unspecified atom stereocenters. The Bertz CT molecular complexity index is 280. The van der Waals surface area contributed by atoms with Gasteiger partial charge < -0.3 is 9.90 Å². The van der Waals surface area contributed by atoms with E-state index in [0.717, 1.165) is 5.56 Å². The molecule has 1 rings (SSSR count). The minimum atomic E-state index is -1.05. The molecule has 2 nitrogen and oxygen atoms in total. The van der Waals surface area contributed by atoms with Gasteiger partial charge in [0.2, 0.25) is 0 Å². The fourth-order valence-corrected chi connectivity index (χ4v) is 0.855. The molecule has 0 atom stereocenters. The van der Waals surface area contributed by atoms with Crippen LogP contribution in [0.25, 0.3) is 6.08 Å². The van der Waals surface area contributed by atoms with Crippen molar-refractivity contribution in [3.8, 4) is 0 Å². The minimum Gasteiger partial charge on any atom is -0.550 e. The Morgan fingerprint density at radius 1 is 1.31 bits per heavy atom. The van der Waals surface area contributed by atoms with Gasteiger partial charge in [0.05, 0.1) is 0 Å². The molecule has 0 aliphatic heterocycles. The number of carbonyl (C=O) groups excluding carboxylic acids is 1. The van der Waals surface area contributed by atoms with Crippen LogP contribution in [0.2, 0.25) is 0 Å². The van der Waals surface area contributed by atoms with E-state index in [0.29, 0.717) is 0 Å². The monoisotopic (exact) mass is 184 g/mol. The Kier molecular flexibility index (Phi) is 6.59. The Morgan fingerprint density at radius 3 is 2.46 bits per heavy atom. The van der Waals surface area contributed by atoms with E-state index in [4.69, 9.17) is 0 Å². The van der Waals surface area contributed by atoms with Crippen molar-refractivity contribution in [3.05, 3.63) is 42.0 Å². The zero-order chi connectivity index (χ0) is 8.81. The summed E-state index contributed by atoms with van der Waals surface area (Å²) in [6.07, 6.45) is 3.30. The minimum absolute atomic E-state index is 0. The maximum atomic E-state index is 10.0. The summed E-state index contributed by atoms with van der Waals surface area (Å²) >= 11 is 0. The Morgan fingerprint density at radius 2 is 1.92 bits per heavy atom. The second-order valence-corrected chi connectivity index (χ2v) is 2.39. The number of aliphatic carboxylic acids is 1. The Hall–Kier alpha value is -0.570. The van der Waals surface area contributed by atoms with Gasteiger partial charge in [-0.2, -0.15) is 0 Å². The largest absolute Gasteiger partial charge is 1.00 e. The van der Waals surface area contributed by atoms with Gasteiger partial charge in [-0.15, -0.1) is 0 Å². The first kappa shape index (κ1) is 12.4. The van der Waals surface area contributed by atoms with Crippen molar-refractivity contribution in [2.45, 2.75) is 6.42 Å². The Balaban J connectivity index is 0.00000144. The molecule has 0 amide bonds. The third-order valence-electron chi connectivity index (χ3n) is 1.39. The van der Waals surface area contributed by atoms with Crippen LogP contribution in [0.5, 0.6) is 0 Å². The van der Waals surface area contributed by atoms with E-state index in [2.05, 4.69) is 0 Å². The molecule has 13 heavy (non-hydrogen) atoms. The van der Waals surface area contributed by atoms with Crippen LogP contribution in [0.4, 0.5) is 0 Å². The molecule has 0 bridgehead atoms. The normalized spacial score (nSPS) is 9.54. The van der Waals surface area contributed by atoms with Gasteiger partial charge in [-0.05, 0) is 5.56 Å². The van der Waals surface area contributed by atoms with Crippen molar-refractivity contribution in [2.75, 3.05) is 0 Å². The molecule has 1 aromatic rings. The van der Waals surface area contributed by atoms with Crippen molar-refractivity contribution in [1.29, 1.82) is 0 Å². The third-order valence-corrected chi connectivity index (χ3v) is 1.39. The first-order valence-electron chi connectivity index (χ1n) is 3.70. The van der Waals surface area contributed by atoms with Crippen molar-refractivity contribution >= 4 is 12.0 Å². The molecule has 0 N–H and O–H groups in total. The number of benzene rings is 1. The van der Waals surface area contributed by atoms with Crippen LogP contribution in [-0.2, 0) is 4.79 Å². The summed E-state index contributed by atoms with van der Waals surface area (Å²) in [5.41, 5.74) is 0.999. The van der Waals surface area contributed by atoms with E-state index in [9.17, 15) is 9.90 Å². The molecule has 0 saturated carbocycles. The second-order valence-electron chi connectivity index (χ2n) is 2.39. The molecule has 1 aromatic carbocycles. The zero-order valence-electron chi connectivity index (χ0n) is 7.57. The topological polar surface area (TPSA) is 40.1 Å². The summed E-state index contributed by atoms with van der Waals surface area (Å²) in [4.78, 5) is 10.0. The van der Waals surface area contributed by atoms with Crippen molar-refractivity contribution < 1.29 is 39.5 Å². The summed E-state index contributed by atoms with van der Waals surface area (Å²) in [7, 11) is 0. The molecule has 0 heterocycles. The second kappa shape index (κ2) is 6.89. The van der Waals surface area contributed by atoms with Gasteiger partial charge in [0.1, 0.15) is 0 Å². The average Bonchev–Trinajstić information content (AvgIpc) is 2.05. The van der Waals surface area contributed by atoms with Crippen LogP contribution in [0.1, 0.15) is 12.0 Å². The van der Waals surface area contributed by atoms with E-state index in [1.54, 1.807) is 12.2 Å². The number of carbonyl (C=O) groups is 1. The van der Waals surface area contributed by atoms with E-state index < -0.39 is 5.97 Å². The number of hydrogen-bond acceptors (Lipinski definition) is 2. The molecule has 0 radical (unpaired) electrons. The van der Waals surface area contributed by atoms with Gasteiger partial charge in [0.25, 0.3) is 0 Å². The van der Waals surface area contributed by atoms with E-state index in [1.165, 1.54) is 0 Å².